The first-order chi connectivity index (χ1) is 12.8. The molecule has 2 heterocycles. The molecular formula is C21H26N4O2. The molecule has 0 N–H and O–H groups in total. The van der Waals surface area contributed by atoms with Crippen molar-refractivity contribution in [3.05, 3.63) is 41.7 Å². The molecule has 142 valence electrons. The molecule has 1 saturated heterocycles. The molecule has 1 aromatic carbocycles. The number of aromatic nitrogens is 2. The number of nitriles is 1. The van der Waals surface area contributed by atoms with Gasteiger partial charge in [-0.3, -0.25) is 4.68 Å². The molecule has 2 aromatic rings. The van der Waals surface area contributed by atoms with Crippen LogP contribution in [-0.4, -0.2) is 39.5 Å². The Hall–Kier alpha value is -2.81. The highest BCUT2D eigenvalue weighted by molar-refractivity contribution is 5.70. The van der Waals surface area contributed by atoms with Crippen molar-refractivity contribution < 1.29 is 9.53 Å². The molecule has 1 aliphatic heterocycles. The number of hydrogen-bond donors (Lipinski definition) is 0. The average molecular weight is 366 g/mol. The zero-order valence-electron chi connectivity index (χ0n) is 16.4. The number of rotatable bonds is 2. The van der Waals surface area contributed by atoms with Crippen LogP contribution in [0.25, 0.3) is 11.1 Å². The number of aryl methyl sites for hydroxylation is 1. The van der Waals surface area contributed by atoms with E-state index in [4.69, 9.17) is 4.74 Å². The van der Waals surface area contributed by atoms with Gasteiger partial charge in [0.25, 0.3) is 0 Å². The van der Waals surface area contributed by atoms with Crippen LogP contribution in [0, 0.1) is 18.3 Å². The molecule has 6 nitrogen and oxygen atoms in total. The molecular weight excluding hydrogens is 340 g/mol. The fraction of sp³-hybridized carbons (Fsp3) is 0.476. The first kappa shape index (κ1) is 19.0. The Labute approximate surface area is 160 Å². The van der Waals surface area contributed by atoms with Crippen LogP contribution in [0.4, 0.5) is 4.79 Å². The predicted molar refractivity (Wildman–Crippen MR) is 103 cm³/mol. The highest BCUT2D eigenvalue weighted by atomic mass is 16.6. The lowest BCUT2D eigenvalue weighted by Gasteiger charge is -2.33. The molecule has 0 bridgehead atoms. The summed E-state index contributed by atoms with van der Waals surface area (Å²) in [7, 11) is 0. The molecule has 1 aromatic heterocycles. The van der Waals surface area contributed by atoms with Gasteiger partial charge in [-0.15, -0.1) is 0 Å². The Bertz CT molecular complexity index is 865. The molecule has 3 rings (SSSR count). The van der Waals surface area contributed by atoms with Crippen molar-refractivity contribution in [1.29, 1.82) is 5.26 Å². The lowest BCUT2D eigenvalue weighted by Crippen LogP contribution is -2.42. The molecule has 27 heavy (non-hydrogen) atoms. The van der Waals surface area contributed by atoms with Crippen LogP contribution in [0.3, 0.4) is 0 Å². The maximum absolute atomic E-state index is 12.2. The number of carbonyl (C=O) groups excluding carboxylic acids is 1. The van der Waals surface area contributed by atoms with Crippen LogP contribution >= 0.6 is 0 Å². The number of nitrogens with zero attached hydrogens (tertiary/aromatic N) is 4. The lowest BCUT2D eigenvalue weighted by molar-refractivity contribution is 0.0185. The number of likely N-dealkylation sites (tertiary alicyclic amines) is 1. The van der Waals surface area contributed by atoms with E-state index in [9.17, 15) is 10.1 Å². The average Bonchev–Trinajstić information content (AvgIpc) is 3.10. The third-order valence-corrected chi connectivity index (χ3v) is 4.70. The van der Waals surface area contributed by atoms with Crippen LogP contribution in [0.1, 0.15) is 50.8 Å². The van der Waals surface area contributed by atoms with Gasteiger partial charge in [-0.2, -0.15) is 10.4 Å². The van der Waals surface area contributed by atoms with E-state index in [1.54, 1.807) is 4.90 Å². The van der Waals surface area contributed by atoms with Crippen LogP contribution < -0.4 is 0 Å². The Morgan fingerprint density at radius 1 is 1.30 bits per heavy atom. The second kappa shape index (κ2) is 7.43. The van der Waals surface area contributed by atoms with Crippen molar-refractivity contribution in [3.8, 4) is 17.2 Å². The summed E-state index contributed by atoms with van der Waals surface area (Å²) in [5.41, 5.74) is 3.15. The minimum Gasteiger partial charge on any atom is -0.444 e. The van der Waals surface area contributed by atoms with Crippen LogP contribution in [-0.2, 0) is 4.74 Å². The van der Waals surface area contributed by atoms with Gasteiger partial charge in [-0.25, -0.2) is 4.79 Å². The van der Waals surface area contributed by atoms with Gasteiger partial charge in [0, 0.05) is 30.4 Å². The lowest BCUT2D eigenvalue weighted by atomic mass is 10.0. The number of carbonyl (C=O) groups is 1. The number of amides is 1. The molecule has 1 amide bonds. The molecule has 1 fully saturated rings. The zero-order valence-corrected chi connectivity index (χ0v) is 16.4. The molecule has 0 atom stereocenters. The van der Waals surface area contributed by atoms with E-state index in [1.807, 2.05) is 63.0 Å². The summed E-state index contributed by atoms with van der Waals surface area (Å²) in [5, 5.41) is 13.9. The van der Waals surface area contributed by atoms with Crippen LogP contribution in [0.5, 0.6) is 0 Å². The highest BCUT2D eigenvalue weighted by Gasteiger charge is 2.28. The van der Waals surface area contributed by atoms with E-state index in [2.05, 4.69) is 11.2 Å². The standard InChI is InChI=1S/C21H26N4O2/c1-15-5-6-16(12-22)19(11-15)17-13-23-25(14-17)18-7-9-24(10-8-18)20(26)27-21(2,3)4/h5-6,11,13-14,18H,7-10H2,1-4H3. The van der Waals surface area contributed by atoms with Gasteiger partial charge in [0.2, 0.25) is 0 Å². The van der Waals surface area contributed by atoms with Gasteiger partial charge in [0.05, 0.1) is 23.9 Å². The number of piperidine rings is 1. The van der Waals surface area contributed by atoms with Crippen LogP contribution in [0.2, 0.25) is 0 Å². The third-order valence-electron chi connectivity index (χ3n) is 4.70. The second-order valence-corrected chi connectivity index (χ2v) is 8.07. The van der Waals surface area contributed by atoms with Crippen molar-refractivity contribution in [2.45, 2.75) is 52.2 Å². The topological polar surface area (TPSA) is 71.2 Å². The Balaban J connectivity index is 1.68. The van der Waals surface area contributed by atoms with Gasteiger partial charge < -0.3 is 9.64 Å². The molecule has 0 radical (unpaired) electrons. The zero-order chi connectivity index (χ0) is 19.6. The Morgan fingerprint density at radius 3 is 2.63 bits per heavy atom. The first-order valence-electron chi connectivity index (χ1n) is 9.30. The maximum atomic E-state index is 12.2. The van der Waals surface area contributed by atoms with E-state index in [0.29, 0.717) is 18.7 Å². The van der Waals surface area contributed by atoms with Gasteiger partial charge >= 0.3 is 6.09 Å². The fourth-order valence-electron chi connectivity index (χ4n) is 3.31. The van der Waals surface area contributed by atoms with Crippen molar-refractivity contribution >= 4 is 6.09 Å². The summed E-state index contributed by atoms with van der Waals surface area (Å²) in [6.07, 6.45) is 5.23. The van der Waals surface area contributed by atoms with E-state index >= 15 is 0 Å². The monoisotopic (exact) mass is 366 g/mol. The highest BCUT2D eigenvalue weighted by Crippen LogP contribution is 2.28. The third kappa shape index (κ3) is 4.48. The second-order valence-electron chi connectivity index (χ2n) is 8.07. The summed E-state index contributed by atoms with van der Waals surface area (Å²) in [5.74, 6) is 0. The SMILES string of the molecule is Cc1ccc(C#N)c(-c2cnn(C3CCN(C(=O)OC(C)(C)C)CC3)c2)c1. The maximum Gasteiger partial charge on any atom is 0.410 e. The summed E-state index contributed by atoms with van der Waals surface area (Å²) in [6, 6.07) is 8.31. The molecule has 0 aliphatic carbocycles. The summed E-state index contributed by atoms with van der Waals surface area (Å²) in [4.78, 5) is 14.0. The van der Waals surface area contributed by atoms with E-state index in [1.165, 1.54) is 0 Å². The molecule has 0 saturated carbocycles. The number of ether oxygens (including phenoxy) is 1. The van der Waals surface area contributed by atoms with Crippen molar-refractivity contribution in [1.82, 2.24) is 14.7 Å². The molecule has 0 unspecified atom stereocenters. The van der Waals surface area contributed by atoms with Gasteiger partial charge in [-0.1, -0.05) is 11.6 Å². The first-order valence-corrected chi connectivity index (χ1v) is 9.30. The largest absolute Gasteiger partial charge is 0.444 e. The number of benzene rings is 1. The van der Waals surface area contributed by atoms with Crippen molar-refractivity contribution in [2.24, 2.45) is 0 Å². The summed E-state index contributed by atoms with van der Waals surface area (Å²) in [6.45, 7) is 8.96. The molecule has 1 aliphatic rings. The summed E-state index contributed by atoms with van der Waals surface area (Å²) < 4.78 is 7.41. The Kier molecular flexibility index (Phi) is 5.22. The number of hydrogen-bond acceptors (Lipinski definition) is 4. The normalized spacial score (nSPS) is 15.4. The van der Waals surface area contributed by atoms with Gasteiger partial charge in [0.15, 0.2) is 0 Å². The van der Waals surface area contributed by atoms with Gasteiger partial charge in [0.1, 0.15) is 5.60 Å². The van der Waals surface area contributed by atoms with Crippen molar-refractivity contribution in [3.63, 3.8) is 0 Å². The van der Waals surface area contributed by atoms with E-state index in [0.717, 1.165) is 29.5 Å². The Morgan fingerprint density at radius 2 is 2.00 bits per heavy atom. The van der Waals surface area contributed by atoms with Crippen LogP contribution in [0.15, 0.2) is 30.6 Å². The molecule has 6 heteroatoms. The predicted octanol–water partition coefficient (Wildman–Crippen LogP) is 4.30. The fourth-order valence-corrected chi connectivity index (χ4v) is 3.31. The minimum atomic E-state index is -0.475. The quantitative estimate of drug-likeness (QED) is 0.794. The van der Waals surface area contributed by atoms with E-state index < -0.39 is 5.60 Å². The van der Waals surface area contributed by atoms with E-state index in [-0.39, 0.29) is 12.1 Å². The van der Waals surface area contributed by atoms with Gasteiger partial charge in [-0.05, 0) is 52.7 Å². The smallest absolute Gasteiger partial charge is 0.410 e. The summed E-state index contributed by atoms with van der Waals surface area (Å²) >= 11 is 0. The molecule has 0 spiro atoms. The van der Waals surface area contributed by atoms with Crippen molar-refractivity contribution in [2.75, 3.05) is 13.1 Å². The minimum absolute atomic E-state index is 0.243.